The molecule has 1 heterocycles. The average molecular weight is 566 g/mol. The van der Waals surface area contributed by atoms with E-state index in [9.17, 15) is 28.2 Å². The van der Waals surface area contributed by atoms with Crippen LogP contribution in [0, 0.1) is 0 Å². The number of hydrogen-bond donors (Lipinski definition) is 2. The molecule has 0 amide bonds. The maximum atomic E-state index is 14.1. The highest BCUT2D eigenvalue weighted by molar-refractivity contribution is 7.89. The standard InChI is InChI=1S/C28H24ClN3O6S/c29-22-10-6-19(7-11-22)20-8-12-23(13-9-20)39(37,38)32(17-16-31-15-14-30-25(31)26(33)34)28(27(35)36)18-24(28)21-4-2-1-3-5-21/h1-15,24H,16-18H2,(H,33,34)(H,35,36)/t24-,28+/m0/s1. The van der Waals surface area contributed by atoms with E-state index >= 15 is 0 Å². The molecule has 0 saturated heterocycles. The minimum Gasteiger partial charge on any atom is -0.480 e. The van der Waals surface area contributed by atoms with Crippen molar-refractivity contribution in [3.8, 4) is 11.1 Å². The number of halogens is 1. The summed E-state index contributed by atoms with van der Waals surface area (Å²) < 4.78 is 30.4. The van der Waals surface area contributed by atoms with Crippen molar-refractivity contribution in [2.45, 2.75) is 29.3 Å². The Labute approximate surface area is 230 Å². The first-order valence-electron chi connectivity index (χ1n) is 12.1. The molecular formula is C28H24ClN3O6S. The molecule has 0 unspecified atom stereocenters. The van der Waals surface area contributed by atoms with Crippen LogP contribution in [0.1, 0.15) is 28.5 Å². The summed E-state index contributed by atoms with van der Waals surface area (Å²) in [4.78, 5) is 28.0. The minimum atomic E-state index is -4.32. The molecule has 9 nitrogen and oxygen atoms in total. The molecule has 2 atom stereocenters. The smallest absolute Gasteiger partial charge is 0.372 e. The molecule has 0 spiro atoms. The van der Waals surface area contributed by atoms with Gasteiger partial charge in [-0.1, -0.05) is 66.2 Å². The largest absolute Gasteiger partial charge is 0.480 e. The Morgan fingerprint density at radius 2 is 1.59 bits per heavy atom. The topological polar surface area (TPSA) is 130 Å². The Balaban J connectivity index is 1.53. The number of aromatic nitrogens is 2. The third-order valence-electron chi connectivity index (χ3n) is 7.02. The average Bonchev–Trinajstić information content (AvgIpc) is 3.50. The molecule has 0 aliphatic heterocycles. The summed E-state index contributed by atoms with van der Waals surface area (Å²) in [6.45, 7) is -0.367. The number of aromatic carboxylic acids is 1. The quantitative estimate of drug-likeness (QED) is 0.287. The third-order valence-corrected chi connectivity index (χ3v) is 9.23. The van der Waals surface area contributed by atoms with Crippen LogP contribution < -0.4 is 0 Å². The van der Waals surface area contributed by atoms with Gasteiger partial charge in [-0.15, -0.1) is 0 Å². The van der Waals surface area contributed by atoms with E-state index in [0.717, 1.165) is 15.4 Å². The van der Waals surface area contributed by atoms with Crippen molar-refractivity contribution in [3.05, 3.63) is 108 Å². The molecule has 0 radical (unpaired) electrons. The summed E-state index contributed by atoms with van der Waals surface area (Å²) in [5, 5.41) is 20.4. The van der Waals surface area contributed by atoms with Gasteiger partial charge in [-0.05, 0) is 47.4 Å². The fourth-order valence-electron chi connectivity index (χ4n) is 4.96. The van der Waals surface area contributed by atoms with Crippen LogP contribution in [0.15, 0.2) is 96.2 Å². The van der Waals surface area contributed by atoms with E-state index < -0.39 is 33.4 Å². The van der Waals surface area contributed by atoms with Crippen molar-refractivity contribution in [2.24, 2.45) is 0 Å². The molecule has 2 N–H and O–H groups in total. The molecule has 1 aromatic heterocycles. The van der Waals surface area contributed by atoms with E-state index in [-0.39, 0.29) is 30.2 Å². The van der Waals surface area contributed by atoms with Crippen molar-refractivity contribution >= 4 is 33.6 Å². The molecule has 39 heavy (non-hydrogen) atoms. The number of imidazole rings is 1. The van der Waals surface area contributed by atoms with E-state index in [2.05, 4.69) is 4.98 Å². The Bertz CT molecular complexity index is 1620. The maximum absolute atomic E-state index is 14.1. The molecule has 1 fully saturated rings. The number of carbonyl (C=O) groups is 2. The van der Waals surface area contributed by atoms with E-state index in [0.29, 0.717) is 10.6 Å². The van der Waals surface area contributed by atoms with Crippen molar-refractivity contribution in [3.63, 3.8) is 0 Å². The van der Waals surface area contributed by atoms with Crippen LogP contribution in [0.4, 0.5) is 0 Å². The number of nitrogens with zero attached hydrogens (tertiary/aromatic N) is 3. The zero-order valence-electron chi connectivity index (χ0n) is 20.5. The number of aliphatic carboxylic acids is 1. The second-order valence-corrected chi connectivity index (χ2v) is 11.6. The Hall–Kier alpha value is -3.99. The molecule has 0 bridgehead atoms. The van der Waals surface area contributed by atoms with Gasteiger partial charge in [0.05, 0.1) is 4.90 Å². The van der Waals surface area contributed by atoms with Crippen LogP contribution in [-0.4, -0.2) is 56.5 Å². The zero-order chi connectivity index (χ0) is 27.8. The lowest BCUT2D eigenvalue weighted by Gasteiger charge is -2.30. The SMILES string of the molecule is O=C(O)c1nccn1CCN([C@]1(C(=O)O)C[C@H]1c1ccccc1)S(=O)(=O)c1ccc(-c2ccc(Cl)cc2)cc1. The molecule has 1 aliphatic carbocycles. The predicted molar refractivity (Wildman–Crippen MR) is 144 cm³/mol. The lowest BCUT2D eigenvalue weighted by atomic mass is 10.1. The van der Waals surface area contributed by atoms with Gasteiger partial charge >= 0.3 is 11.9 Å². The van der Waals surface area contributed by atoms with Gasteiger partial charge in [-0.2, -0.15) is 4.31 Å². The predicted octanol–water partition coefficient (Wildman–Crippen LogP) is 4.60. The first kappa shape index (κ1) is 26.6. The maximum Gasteiger partial charge on any atom is 0.372 e. The number of benzene rings is 3. The van der Waals surface area contributed by atoms with Crippen molar-refractivity contribution in [2.75, 3.05) is 6.54 Å². The van der Waals surface area contributed by atoms with Crippen LogP contribution >= 0.6 is 11.6 Å². The number of hydrogen-bond acceptors (Lipinski definition) is 5. The highest BCUT2D eigenvalue weighted by Gasteiger charge is 2.67. The molecular weight excluding hydrogens is 542 g/mol. The van der Waals surface area contributed by atoms with Crippen LogP contribution in [0.5, 0.6) is 0 Å². The van der Waals surface area contributed by atoms with E-state index in [4.69, 9.17) is 11.6 Å². The molecule has 200 valence electrons. The van der Waals surface area contributed by atoms with E-state index in [1.165, 1.54) is 29.1 Å². The zero-order valence-corrected chi connectivity index (χ0v) is 22.1. The van der Waals surface area contributed by atoms with Crippen molar-refractivity contribution in [1.29, 1.82) is 0 Å². The molecule has 1 aliphatic rings. The Kier molecular flexibility index (Phi) is 7.02. The summed E-state index contributed by atoms with van der Waals surface area (Å²) in [6.07, 6.45) is 2.81. The van der Waals surface area contributed by atoms with Crippen LogP contribution in [0.25, 0.3) is 11.1 Å². The van der Waals surface area contributed by atoms with Gasteiger partial charge in [0.15, 0.2) is 0 Å². The number of sulfonamides is 1. The Morgan fingerprint density at radius 3 is 2.18 bits per heavy atom. The first-order valence-corrected chi connectivity index (χ1v) is 13.9. The van der Waals surface area contributed by atoms with Gasteiger partial charge in [0.2, 0.25) is 15.8 Å². The van der Waals surface area contributed by atoms with Gasteiger partial charge < -0.3 is 14.8 Å². The lowest BCUT2D eigenvalue weighted by Crippen LogP contribution is -2.49. The van der Waals surface area contributed by atoms with Crippen LogP contribution in [0.3, 0.4) is 0 Å². The summed E-state index contributed by atoms with van der Waals surface area (Å²) in [6, 6.07) is 22.2. The molecule has 1 saturated carbocycles. The second kappa shape index (κ2) is 10.3. The molecule has 3 aromatic carbocycles. The Morgan fingerprint density at radius 1 is 0.974 bits per heavy atom. The van der Waals surface area contributed by atoms with E-state index in [1.807, 2.05) is 12.1 Å². The van der Waals surface area contributed by atoms with Gasteiger partial charge in [0.1, 0.15) is 5.54 Å². The first-order chi connectivity index (χ1) is 18.6. The third kappa shape index (κ3) is 4.94. The number of rotatable bonds is 10. The van der Waals surface area contributed by atoms with Gasteiger partial charge in [-0.25, -0.2) is 18.2 Å². The summed E-state index contributed by atoms with van der Waals surface area (Å²) >= 11 is 5.97. The molecule has 11 heteroatoms. The van der Waals surface area contributed by atoms with Crippen LogP contribution in [-0.2, 0) is 21.4 Å². The van der Waals surface area contributed by atoms with Crippen molar-refractivity contribution in [1.82, 2.24) is 13.9 Å². The monoisotopic (exact) mass is 565 g/mol. The van der Waals surface area contributed by atoms with Crippen LogP contribution in [0.2, 0.25) is 5.02 Å². The number of carboxylic acids is 2. The fourth-order valence-corrected chi connectivity index (χ4v) is 6.85. The normalized spacial score (nSPS) is 18.7. The highest BCUT2D eigenvalue weighted by atomic mass is 35.5. The second-order valence-electron chi connectivity index (χ2n) is 9.25. The van der Waals surface area contributed by atoms with E-state index in [1.54, 1.807) is 54.6 Å². The minimum absolute atomic E-state index is 0.0661. The summed E-state index contributed by atoms with van der Waals surface area (Å²) in [7, 11) is -4.32. The number of carboxylic acid groups (broad SMARTS) is 2. The highest BCUT2D eigenvalue weighted by Crippen LogP contribution is 2.57. The molecule has 4 aromatic rings. The molecule has 5 rings (SSSR count). The summed E-state index contributed by atoms with van der Waals surface area (Å²) in [5.74, 6) is -3.36. The van der Waals surface area contributed by atoms with Gasteiger partial charge in [-0.3, -0.25) is 4.79 Å². The lowest BCUT2D eigenvalue weighted by molar-refractivity contribution is -0.143. The van der Waals surface area contributed by atoms with Gasteiger partial charge in [0.25, 0.3) is 0 Å². The van der Waals surface area contributed by atoms with Crippen molar-refractivity contribution < 1.29 is 28.2 Å². The fraction of sp³-hybridized carbons (Fsp3) is 0.179. The summed E-state index contributed by atoms with van der Waals surface area (Å²) in [5.41, 5.74) is 0.601. The van der Waals surface area contributed by atoms with Gasteiger partial charge in [0, 0.05) is 36.4 Å².